The van der Waals surface area contributed by atoms with Gasteiger partial charge in [-0.3, -0.25) is 0 Å². The Balaban J connectivity index is 1.08. The van der Waals surface area contributed by atoms with E-state index in [1.165, 1.54) is 94.5 Å². The molecule has 0 aromatic heterocycles. The normalized spacial score (nSPS) is 13.4. The molecular weight excluding hydrogens is 860 g/mol. The van der Waals surface area contributed by atoms with Crippen molar-refractivity contribution < 1.29 is 4.74 Å². The second kappa shape index (κ2) is 15.8. The van der Waals surface area contributed by atoms with E-state index in [0.717, 1.165) is 51.1 Å². The van der Waals surface area contributed by atoms with Gasteiger partial charge in [0.15, 0.2) is 0 Å². The third-order valence-corrected chi connectivity index (χ3v) is 15.5. The molecule has 14 rings (SSSR count). The minimum absolute atomic E-state index is 0.0752. The number of benzene rings is 10. The molecule has 10 aromatic carbocycles. The summed E-state index contributed by atoms with van der Waals surface area (Å²) in [5.74, 6) is 1.78. The van der Waals surface area contributed by atoms with Crippen molar-refractivity contribution in [1.82, 2.24) is 0 Å². The standard InChI is InChI=1S/C65H49B2N3O/c1-40-19-26-49(27-20-40)68-55-32-25-43(4)33-52(55)66-53-38-54-61(39-57(53)70(51-30-23-42(3)24-31-51)59-35-47(34-58(68)64(59)66)45-14-8-6-9-15-45)71-62-37-48(46-16-10-7-11-17-46)36-60-65(62)67(54)63-44(5)13-12-18-56(63)69(60)50-28-21-41(2)22-29-50/h6-39H,1-5H3. The van der Waals surface area contributed by atoms with Gasteiger partial charge in [0.2, 0.25) is 0 Å². The first kappa shape index (κ1) is 41.5. The van der Waals surface area contributed by atoms with E-state index in [2.05, 4.69) is 256 Å². The summed E-state index contributed by atoms with van der Waals surface area (Å²) in [6, 6.07) is 77.0. The lowest BCUT2D eigenvalue weighted by molar-refractivity contribution is 0.488. The van der Waals surface area contributed by atoms with Gasteiger partial charge in [-0.05, 0) is 162 Å². The van der Waals surface area contributed by atoms with Gasteiger partial charge < -0.3 is 19.4 Å². The minimum atomic E-state index is -0.0875. The molecule has 4 nitrogen and oxygen atoms in total. The molecule has 0 saturated heterocycles. The largest absolute Gasteiger partial charge is 0.458 e. The number of ether oxygens (including phenoxy) is 1. The molecular formula is C65H49B2N3O. The number of hydrogen-bond donors (Lipinski definition) is 0. The van der Waals surface area contributed by atoms with Crippen molar-refractivity contribution in [1.29, 1.82) is 0 Å². The molecule has 0 spiro atoms. The second-order valence-electron chi connectivity index (χ2n) is 20.1. The van der Waals surface area contributed by atoms with Crippen LogP contribution in [0.5, 0.6) is 11.5 Å². The summed E-state index contributed by atoms with van der Waals surface area (Å²) in [6.45, 7) is 10.9. The Bertz CT molecular complexity index is 3800. The van der Waals surface area contributed by atoms with Crippen LogP contribution in [0.2, 0.25) is 0 Å². The van der Waals surface area contributed by atoms with E-state index in [4.69, 9.17) is 4.74 Å². The molecule has 71 heavy (non-hydrogen) atoms. The highest BCUT2D eigenvalue weighted by Gasteiger charge is 2.48. The van der Waals surface area contributed by atoms with Crippen molar-refractivity contribution >= 4 is 97.4 Å². The SMILES string of the molecule is Cc1ccc(N2c3cccc(C)c3B3c4cc5c(cc4Oc4cc(-c6ccccc6)cc2c43)N(c2ccc(C)cc2)c2cc(-c3ccccc3)cc3c2B5c2cc(C)ccc2N3c2ccc(C)cc2)cc1. The maximum atomic E-state index is 7.51. The van der Waals surface area contributed by atoms with Gasteiger partial charge in [-0.25, -0.2) is 0 Å². The van der Waals surface area contributed by atoms with Crippen LogP contribution < -0.4 is 52.2 Å². The predicted octanol–water partition coefficient (Wildman–Crippen LogP) is 13.1. The third kappa shape index (κ3) is 6.40. The van der Waals surface area contributed by atoms with E-state index in [0.29, 0.717) is 0 Å². The second-order valence-corrected chi connectivity index (χ2v) is 20.1. The average Bonchev–Trinajstić information content (AvgIpc) is 3.40. The van der Waals surface area contributed by atoms with E-state index in [1.54, 1.807) is 0 Å². The highest BCUT2D eigenvalue weighted by Crippen LogP contribution is 2.49. The summed E-state index contributed by atoms with van der Waals surface area (Å²) in [6.07, 6.45) is 0. The Labute approximate surface area is 417 Å². The van der Waals surface area contributed by atoms with Crippen molar-refractivity contribution in [3.05, 3.63) is 234 Å². The average molecular weight is 910 g/mol. The maximum Gasteiger partial charge on any atom is 0.256 e. The molecule has 0 bridgehead atoms. The van der Waals surface area contributed by atoms with Gasteiger partial charge in [-0.15, -0.1) is 0 Å². The fraction of sp³-hybridized carbons (Fsp3) is 0.0769. The van der Waals surface area contributed by atoms with Crippen molar-refractivity contribution in [2.24, 2.45) is 0 Å². The van der Waals surface area contributed by atoms with Crippen molar-refractivity contribution in [3.8, 4) is 33.8 Å². The van der Waals surface area contributed by atoms with Gasteiger partial charge in [0.25, 0.3) is 13.4 Å². The smallest absolute Gasteiger partial charge is 0.256 e. The van der Waals surface area contributed by atoms with Gasteiger partial charge in [0.05, 0.1) is 0 Å². The summed E-state index contributed by atoms with van der Waals surface area (Å²) >= 11 is 0. The predicted molar refractivity (Wildman–Crippen MR) is 301 cm³/mol. The molecule has 0 aliphatic carbocycles. The number of hydrogen-bond acceptors (Lipinski definition) is 4. The molecule has 0 saturated carbocycles. The topological polar surface area (TPSA) is 19.0 Å². The number of rotatable bonds is 5. The summed E-state index contributed by atoms with van der Waals surface area (Å²) in [5.41, 5.74) is 28.8. The zero-order valence-electron chi connectivity index (χ0n) is 40.5. The van der Waals surface area contributed by atoms with E-state index in [-0.39, 0.29) is 13.4 Å². The van der Waals surface area contributed by atoms with Crippen LogP contribution in [-0.4, -0.2) is 13.4 Å². The molecule has 0 amide bonds. The molecule has 336 valence electrons. The molecule has 0 N–H and O–H groups in total. The molecule has 4 heterocycles. The Kier molecular flexibility index (Phi) is 9.22. The van der Waals surface area contributed by atoms with Crippen LogP contribution in [-0.2, 0) is 0 Å². The number of aryl methyl sites for hydroxylation is 5. The first-order valence-corrected chi connectivity index (χ1v) is 24.9. The van der Waals surface area contributed by atoms with Crippen LogP contribution in [0.15, 0.2) is 206 Å². The van der Waals surface area contributed by atoms with Crippen LogP contribution in [0.4, 0.5) is 51.2 Å². The highest BCUT2D eigenvalue weighted by molar-refractivity contribution is 7.02. The Morgan fingerprint density at radius 3 is 1.37 bits per heavy atom. The van der Waals surface area contributed by atoms with E-state index in [9.17, 15) is 0 Å². The molecule has 0 unspecified atom stereocenters. The molecule has 0 fully saturated rings. The number of anilines is 9. The van der Waals surface area contributed by atoms with E-state index < -0.39 is 0 Å². The van der Waals surface area contributed by atoms with Crippen LogP contribution in [0.1, 0.15) is 27.8 Å². The maximum absolute atomic E-state index is 7.51. The van der Waals surface area contributed by atoms with Gasteiger partial charge in [0, 0.05) is 57.3 Å². The molecule has 4 aliphatic heterocycles. The Hall–Kier alpha value is -8.47. The van der Waals surface area contributed by atoms with E-state index in [1.807, 2.05) is 0 Å². The quantitative estimate of drug-likeness (QED) is 0.160. The Morgan fingerprint density at radius 1 is 0.296 bits per heavy atom. The number of nitrogens with zero attached hydrogens (tertiary/aromatic N) is 3. The fourth-order valence-corrected chi connectivity index (χ4v) is 12.1. The first-order valence-electron chi connectivity index (χ1n) is 24.9. The summed E-state index contributed by atoms with van der Waals surface area (Å²) in [4.78, 5) is 7.51. The van der Waals surface area contributed by atoms with Crippen LogP contribution in [0.25, 0.3) is 22.3 Å². The summed E-state index contributed by atoms with van der Waals surface area (Å²) in [5, 5.41) is 0. The molecule has 6 heteroatoms. The fourth-order valence-electron chi connectivity index (χ4n) is 12.1. The molecule has 0 atom stereocenters. The van der Waals surface area contributed by atoms with Crippen LogP contribution in [0, 0.1) is 34.6 Å². The third-order valence-electron chi connectivity index (χ3n) is 15.5. The van der Waals surface area contributed by atoms with Crippen molar-refractivity contribution in [2.45, 2.75) is 34.6 Å². The van der Waals surface area contributed by atoms with Crippen molar-refractivity contribution in [2.75, 3.05) is 14.7 Å². The zero-order chi connectivity index (χ0) is 47.6. The molecule has 4 aliphatic rings. The lowest BCUT2D eigenvalue weighted by atomic mass is 9.30. The lowest BCUT2D eigenvalue weighted by Crippen LogP contribution is -2.64. The van der Waals surface area contributed by atoms with Gasteiger partial charge in [-0.2, -0.15) is 0 Å². The summed E-state index contributed by atoms with van der Waals surface area (Å²) < 4.78 is 7.51. The highest BCUT2D eigenvalue weighted by atomic mass is 16.5. The van der Waals surface area contributed by atoms with Gasteiger partial charge >= 0.3 is 0 Å². The summed E-state index contributed by atoms with van der Waals surface area (Å²) in [7, 11) is 0. The number of fused-ring (bicyclic) bond motifs is 8. The van der Waals surface area contributed by atoms with Gasteiger partial charge in [0.1, 0.15) is 11.5 Å². The van der Waals surface area contributed by atoms with Crippen LogP contribution in [0.3, 0.4) is 0 Å². The Morgan fingerprint density at radius 2 is 0.789 bits per heavy atom. The van der Waals surface area contributed by atoms with Crippen LogP contribution >= 0.6 is 0 Å². The molecule has 10 aromatic rings. The lowest BCUT2D eigenvalue weighted by Gasteiger charge is -2.46. The van der Waals surface area contributed by atoms with E-state index >= 15 is 0 Å². The van der Waals surface area contributed by atoms with Gasteiger partial charge in [-0.1, -0.05) is 155 Å². The minimum Gasteiger partial charge on any atom is -0.458 e. The monoisotopic (exact) mass is 909 g/mol. The first-order chi connectivity index (χ1) is 34.8. The molecule has 0 radical (unpaired) electrons. The zero-order valence-corrected chi connectivity index (χ0v) is 40.5. The van der Waals surface area contributed by atoms with Crippen molar-refractivity contribution in [3.63, 3.8) is 0 Å².